The zero-order chi connectivity index (χ0) is 13.8. The molecule has 1 aromatic rings. The van der Waals surface area contributed by atoms with Crippen LogP contribution in [0.15, 0.2) is 30.4 Å². The van der Waals surface area contributed by atoms with Gasteiger partial charge in [0.1, 0.15) is 0 Å². The summed E-state index contributed by atoms with van der Waals surface area (Å²) in [5, 5.41) is 11.7. The van der Waals surface area contributed by atoms with Gasteiger partial charge < -0.3 is 4.74 Å². The average molecular weight is 262 g/mol. The third-order valence-corrected chi connectivity index (χ3v) is 3.19. The number of aryl methyl sites for hydroxylation is 1. The minimum Gasteiger partial charge on any atom is -0.369 e. The van der Waals surface area contributed by atoms with Crippen molar-refractivity contribution in [2.75, 3.05) is 5.06 Å². The molecule has 0 saturated heterocycles. The number of anilines is 1. The lowest BCUT2D eigenvalue weighted by Gasteiger charge is -2.34. The Morgan fingerprint density at radius 2 is 2.21 bits per heavy atom. The number of hydroxylamine groups is 1. The summed E-state index contributed by atoms with van der Waals surface area (Å²) in [6, 6.07) is 5.55. The van der Waals surface area contributed by atoms with Crippen LogP contribution in [0.1, 0.15) is 32.4 Å². The quantitative estimate of drug-likeness (QED) is 0.669. The van der Waals surface area contributed by atoms with Crippen molar-refractivity contribution in [3.63, 3.8) is 0 Å². The lowest BCUT2D eigenvalue weighted by molar-refractivity contribution is -0.00202. The molecule has 0 aliphatic heterocycles. The minimum atomic E-state index is -0.0962. The monoisotopic (exact) mass is 262 g/mol. The highest BCUT2D eigenvalue weighted by molar-refractivity contribution is 5.38. The van der Waals surface area contributed by atoms with E-state index in [1.807, 2.05) is 45.0 Å². The smallest absolute Gasteiger partial charge is 0.152 e. The van der Waals surface area contributed by atoms with Crippen molar-refractivity contribution in [2.45, 2.75) is 51.9 Å². The van der Waals surface area contributed by atoms with Crippen molar-refractivity contribution >= 4 is 5.82 Å². The van der Waals surface area contributed by atoms with Crippen LogP contribution in [-0.2, 0) is 4.74 Å². The third kappa shape index (κ3) is 3.55. The number of nitrogens with zero attached hydrogens (tertiary/aromatic N) is 2. The minimum absolute atomic E-state index is 0.0818. The van der Waals surface area contributed by atoms with E-state index in [0.717, 1.165) is 18.5 Å². The number of hydrogen-bond donors (Lipinski definition) is 1. The maximum Gasteiger partial charge on any atom is 0.152 e. The van der Waals surface area contributed by atoms with Crippen LogP contribution in [0.25, 0.3) is 0 Å². The van der Waals surface area contributed by atoms with Crippen molar-refractivity contribution in [3.8, 4) is 0 Å². The van der Waals surface area contributed by atoms with Crippen LogP contribution in [0.3, 0.4) is 0 Å². The van der Waals surface area contributed by atoms with E-state index in [0.29, 0.717) is 5.82 Å². The molecular formula is C15H22N2O2. The van der Waals surface area contributed by atoms with Gasteiger partial charge in [-0.1, -0.05) is 18.2 Å². The number of allylic oxidation sites excluding steroid dienone is 1. The van der Waals surface area contributed by atoms with E-state index in [1.165, 1.54) is 5.06 Å². The largest absolute Gasteiger partial charge is 0.369 e. The molecule has 0 amide bonds. The van der Waals surface area contributed by atoms with Crippen molar-refractivity contribution in [1.29, 1.82) is 0 Å². The van der Waals surface area contributed by atoms with Gasteiger partial charge in [0.05, 0.1) is 18.2 Å². The second kappa shape index (κ2) is 6.17. The molecule has 0 bridgehead atoms. The summed E-state index contributed by atoms with van der Waals surface area (Å²) in [4.78, 5) is 4.36. The van der Waals surface area contributed by atoms with Gasteiger partial charge in [-0.3, -0.25) is 5.21 Å². The Bertz CT molecular complexity index is 446. The molecule has 0 unspecified atom stereocenters. The highest BCUT2D eigenvalue weighted by Gasteiger charge is 2.29. The molecule has 2 atom stereocenters. The first-order valence-electron chi connectivity index (χ1n) is 6.82. The lowest BCUT2D eigenvalue weighted by atomic mass is 9.98. The zero-order valence-corrected chi connectivity index (χ0v) is 11.8. The normalized spacial score (nSPS) is 22.8. The predicted molar refractivity (Wildman–Crippen MR) is 75.4 cm³/mol. The summed E-state index contributed by atoms with van der Waals surface area (Å²) < 4.78 is 5.86. The van der Waals surface area contributed by atoms with Gasteiger partial charge in [-0.15, -0.1) is 0 Å². The Balaban J connectivity index is 2.16. The van der Waals surface area contributed by atoms with Crippen LogP contribution in [0, 0.1) is 6.92 Å². The molecule has 0 aromatic carbocycles. The van der Waals surface area contributed by atoms with Crippen LogP contribution in [0.4, 0.5) is 5.82 Å². The van der Waals surface area contributed by atoms with Crippen LogP contribution in [0.2, 0.25) is 0 Å². The number of rotatable bonds is 4. The fraction of sp³-hybridized carbons (Fsp3) is 0.533. The SMILES string of the molecule is Cc1cccc(N(O)[C@@H]2CCC=C[C@H]2OC(C)C)n1. The topological polar surface area (TPSA) is 45.6 Å². The molecule has 0 fully saturated rings. The molecule has 1 aliphatic carbocycles. The molecule has 19 heavy (non-hydrogen) atoms. The van der Waals surface area contributed by atoms with Gasteiger partial charge >= 0.3 is 0 Å². The number of pyridine rings is 1. The second-order valence-electron chi connectivity index (χ2n) is 5.20. The maximum atomic E-state index is 10.4. The Morgan fingerprint density at radius 1 is 1.42 bits per heavy atom. The maximum absolute atomic E-state index is 10.4. The summed E-state index contributed by atoms with van der Waals surface area (Å²) in [6.45, 7) is 5.93. The number of aromatic nitrogens is 1. The van der Waals surface area contributed by atoms with Crippen molar-refractivity contribution in [2.24, 2.45) is 0 Å². The standard InChI is InChI=1S/C15H22N2O2/c1-11(2)19-14-9-5-4-8-13(14)17(18)15-10-6-7-12(3)16-15/h5-7,9-11,13-14,18H,4,8H2,1-3H3/t13-,14-/m1/s1. The Kier molecular flexibility index (Phi) is 4.56. The second-order valence-corrected chi connectivity index (χ2v) is 5.20. The molecule has 4 heteroatoms. The molecule has 1 aliphatic rings. The summed E-state index contributed by atoms with van der Waals surface area (Å²) in [6.07, 6.45) is 6.00. The highest BCUT2D eigenvalue weighted by atomic mass is 16.5. The van der Waals surface area contributed by atoms with Crippen LogP contribution in [-0.4, -0.2) is 28.4 Å². The fourth-order valence-corrected chi connectivity index (χ4v) is 2.33. The molecule has 1 N–H and O–H groups in total. The fourth-order valence-electron chi connectivity index (χ4n) is 2.33. The van der Waals surface area contributed by atoms with Crippen LogP contribution in [0.5, 0.6) is 0 Å². The first kappa shape index (κ1) is 14.0. The summed E-state index contributed by atoms with van der Waals surface area (Å²) in [5.74, 6) is 0.581. The molecular weight excluding hydrogens is 240 g/mol. The first-order chi connectivity index (χ1) is 9.08. The first-order valence-corrected chi connectivity index (χ1v) is 6.82. The van der Waals surface area contributed by atoms with E-state index in [2.05, 4.69) is 11.1 Å². The molecule has 1 aromatic heterocycles. The van der Waals surface area contributed by atoms with E-state index >= 15 is 0 Å². The van der Waals surface area contributed by atoms with Gasteiger partial charge in [0.25, 0.3) is 0 Å². The summed E-state index contributed by atoms with van der Waals surface area (Å²) in [7, 11) is 0. The lowest BCUT2D eigenvalue weighted by Crippen LogP contribution is -2.44. The molecule has 4 nitrogen and oxygen atoms in total. The highest BCUT2D eigenvalue weighted by Crippen LogP contribution is 2.24. The molecule has 1 heterocycles. The number of hydrogen-bond acceptors (Lipinski definition) is 4. The van der Waals surface area contributed by atoms with Crippen LogP contribution < -0.4 is 5.06 Å². The van der Waals surface area contributed by atoms with E-state index in [1.54, 1.807) is 0 Å². The third-order valence-electron chi connectivity index (χ3n) is 3.19. The molecule has 104 valence electrons. The van der Waals surface area contributed by atoms with E-state index < -0.39 is 0 Å². The van der Waals surface area contributed by atoms with Gasteiger partial charge in [-0.05, 0) is 45.7 Å². The van der Waals surface area contributed by atoms with Gasteiger partial charge in [-0.25, -0.2) is 10.0 Å². The van der Waals surface area contributed by atoms with E-state index in [9.17, 15) is 5.21 Å². The van der Waals surface area contributed by atoms with E-state index in [-0.39, 0.29) is 18.2 Å². The Morgan fingerprint density at radius 3 is 2.89 bits per heavy atom. The Hall–Kier alpha value is -1.39. The van der Waals surface area contributed by atoms with E-state index in [4.69, 9.17) is 4.74 Å². The molecule has 0 saturated carbocycles. The summed E-state index contributed by atoms with van der Waals surface area (Å²) >= 11 is 0. The molecule has 2 rings (SSSR count). The molecule has 0 spiro atoms. The van der Waals surface area contributed by atoms with Crippen LogP contribution >= 0.6 is 0 Å². The van der Waals surface area contributed by atoms with Crippen molar-refractivity contribution in [3.05, 3.63) is 36.0 Å². The van der Waals surface area contributed by atoms with Crippen molar-refractivity contribution < 1.29 is 9.94 Å². The van der Waals surface area contributed by atoms with Gasteiger partial charge in [0.2, 0.25) is 0 Å². The van der Waals surface area contributed by atoms with Gasteiger partial charge in [-0.2, -0.15) is 0 Å². The Labute approximate surface area is 114 Å². The van der Waals surface area contributed by atoms with Crippen molar-refractivity contribution in [1.82, 2.24) is 4.98 Å². The van der Waals surface area contributed by atoms with Gasteiger partial charge in [0.15, 0.2) is 5.82 Å². The van der Waals surface area contributed by atoms with Gasteiger partial charge in [0, 0.05) is 5.69 Å². The average Bonchev–Trinajstić information content (AvgIpc) is 2.38. The number of ether oxygens (including phenoxy) is 1. The zero-order valence-electron chi connectivity index (χ0n) is 11.8. The summed E-state index contributed by atoms with van der Waals surface area (Å²) in [5.41, 5.74) is 0.893. The predicted octanol–water partition coefficient (Wildman–Crippen LogP) is 3.10. The molecule has 0 radical (unpaired) electrons.